The average molecular weight is 300 g/mol. The van der Waals surface area contributed by atoms with E-state index in [4.69, 9.17) is 0 Å². The van der Waals surface area contributed by atoms with Gasteiger partial charge in [0.25, 0.3) is 0 Å². The molecule has 20 heavy (non-hydrogen) atoms. The molecule has 0 radical (unpaired) electrons. The van der Waals surface area contributed by atoms with Gasteiger partial charge in [0, 0.05) is 31.5 Å². The maximum atomic E-state index is 12.2. The molecule has 0 amide bonds. The molecule has 2 N–H and O–H groups in total. The molecular weight excluding hydrogens is 276 g/mol. The largest absolute Gasteiger partial charge is 0.348 e. The summed E-state index contributed by atoms with van der Waals surface area (Å²) in [6.45, 7) is 7.46. The summed E-state index contributed by atoms with van der Waals surface area (Å²) in [5.41, 5.74) is 0. The number of aromatic amines is 1. The fourth-order valence-corrected chi connectivity index (χ4v) is 3.96. The van der Waals surface area contributed by atoms with Gasteiger partial charge in [-0.15, -0.1) is 0 Å². The number of hydrogen-bond donors (Lipinski definition) is 2. The van der Waals surface area contributed by atoms with Gasteiger partial charge in [-0.05, 0) is 26.2 Å². The fraction of sp³-hybridized carbons (Fsp3) is 0.769. The van der Waals surface area contributed by atoms with E-state index in [2.05, 4.69) is 22.2 Å². The van der Waals surface area contributed by atoms with Crippen LogP contribution in [-0.2, 0) is 16.6 Å². The van der Waals surface area contributed by atoms with Crippen LogP contribution in [0.3, 0.4) is 0 Å². The van der Waals surface area contributed by atoms with Crippen LogP contribution in [0.5, 0.6) is 0 Å². The molecule has 1 aromatic rings. The van der Waals surface area contributed by atoms with Crippen molar-refractivity contribution in [2.75, 3.05) is 13.1 Å². The Bertz CT molecular complexity index is 512. The quantitative estimate of drug-likeness (QED) is 0.848. The van der Waals surface area contributed by atoms with Gasteiger partial charge in [0.15, 0.2) is 0 Å². The minimum Gasteiger partial charge on any atom is -0.348 e. The summed E-state index contributed by atoms with van der Waals surface area (Å²) in [5.74, 6) is 1.21. The standard InChI is InChI=1S/C13H24N4O2S/c1-10(2)20(18,19)17-7-4-12(11(3)9-17)16-8-13-14-5-6-15-13/h5-6,10-12,16H,4,7-9H2,1-3H3,(H,14,15)/t11-,12-/m0/s1. The van der Waals surface area contributed by atoms with E-state index in [-0.39, 0.29) is 5.25 Å². The molecule has 1 fully saturated rings. The maximum Gasteiger partial charge on any atom is 0.216 e. The van der Waals surface area contributed by atoms with E-state index in [0.717, 1.165) is 12.2 Å². The van der Waals surface area contributed by atoms with E-state index < -0.39 is 10.0 Å². The van der Waals surface area contributed by atoms with Gasteiger partial charge in [0.1, 0.15) is 5.82 Å². The van der Waals surface area contributed by atoms with E-state index >= 15 is 0 Å². The van der Waals surface area contributed by atoms with Crippen molar-refractivity contribution in [3.8, 4) is 0 Å². The zero-order chi connectivity index (χ0) is 14.8. The summed E-state index contributed by atoms with van der Waals surface area (Å²) >= 11 is 0. The topological polar surface area (TPSA) is 78.1 Å². The van der Waals surface area contributed by atoms with Crippen molar-refractivity contribution in [1.29, 1.82) is 0 Å². The second-order valence-electron chi connectivity index (χ2n) is 5.74. The molecule has 0 spiro atoms. The molecule has 2 heterocycles. The first-order chi connectivity index (χ1) is 9.41. The molecular formula is C13H24N4O2S. The third-order valence-corrected chi connectivity index (χ3v) is 6.15. The van der Waals surface area contributed by atoms with E-state index in [0.29, 0.717) is 31.6 Å². The monoisotopic (exact) mass is 300 g/mol. The summed E-state index contributed by atoms with van der Waals surface area (Å²) in [4.78, 5) is 7.24. The van der Waals surface area contributed by atoms with Crippen LogP contribution < -0.4 is 5.32 Å². The Morgan fingerprint density at radius 3 is 2.85 bits per heavy atom. The number of rotatable bonds is 5. The summed E-state index contributed by atoms with van der Waals surface area (Å²) in [7, 11) is -3.13. The average Bonchev–Trinajstić information content (AvgIpc) is 2.90. The van der Waals surface area contributed by atoms with Crippen LogP contribution in [-0.4, -0.2) is 47.1 Å². The Morgan fingerprint density at radius 1 is 1.55 bits per heavy atom. The van der Waals surface area contributed by atoms with Gasteiger partial charge in [0.05, 0.1) is 11.8 Å². The second kappa shape index (κ2) is 6.24. The van der Waals surface area contributed by atoms with Crippen LogP contribution in [0.1, 0.15) is 33.0 Å². The molecule has 1 aliphatic rings. The highest BCUT2D eigenvalue weighted by Gasteiger charge is 2.33. The van der Waals surface area contributed by atoms with Crippen molar-refractivity contribution >= 4 is 10.0 Å². The number of sulfonamides is 1. The van der Waals surface area contributed by atoms with Crippen molar-refractivity contribution in [3.05, 3.63) is 18.2 Å². The van der Waals surface area contributed by atoms with Crippen molar-refractivity contribution in [1.82, 2.24) is 19.6 Å². The van der Waals surface area contributed by atoms with Gasteiger partial charge in [-0.2, -0.15) is 0 Å². The summed E-state index contributed by atoms with van der Waals surface area (Å²) in [5, 5.41) is 3.11. The molecule has 0 unspecified atom stereocenters. The van der Waals surface area contributed by atoms with Crippen molar-refractivity contribution in [3.63, 3.8) is 0 Å². The third-order valence-electron chi connectivity index (χ3n) is 3.91. The maximum absolute atomic E-state index is 12.2. The minimum atomic E-state index is -3.13. The highest BCUT2D eigenvalue weighted by atomic mass is 32.2. The lowest BCUT2D eigenvalue weighted by molar-refractivity contribution is 0.217. The van der Waals surface area contributed by atoms with Gasteiger partial charge in [0.2, 0.25) is 10.0 Å². The number of nitrogens with zero attached hydrogens (tertiary/aromatic N) is 2. The predicted molar refractivity (Wildman–Crippen MR) is 78.6 cm³/mol. The van der Waals surface area contributed by atoms with Crippen LogP contribution in [0.2, 0.25) is 0 Å². The molecule has 1 saturated heterocycles. The molecule has 0 saturated carbocycles. The molecule has 0 bridgehead atoms. The molecule has 6 nitrogen and oxygen atoms in total. The molecule has 114 valence electrons. The number of nitrogens with one attached hydrogen (secondary N) is 2. The van der Waals surface area contributed by atoms with E-state index in [1.54, 1.807) is 30.5 Å². The molecule has 7 heteroatoms. The Balaban J connectivity index is 1.89. The first-order valence-electron chi connectivity index (χ1n) is 7.12. The molecule has 0 aromatic carbocycles. The first kappa shape index (κ1) is 15.5. The van der Waals surface area contributed by atoms with Gasteiger partial charge >= 0.3 is 0 Å². The lowest BCUT2D eigenvalue weighted by atomic mass is 9.95. The van der Waals surface area contributed by atoms with E-state index in [9.17, 15) is 8.42 Å². The highest BCUT2D eigenvalue weighted by Crippen LogP contribution is 2.21. The molecule has 1 aliphatic heterocycles. The molecule has 2 atom stereocenters. The fourth-order valence-electron chi connectivity index (χ4n) is 2.56. The minimum absolute atomic E-state index is 0.298. The molecule has 2 rings (SSSR count). The Morgan fingerprint density at radius 2 is 2.30 bits per heavy atom. The number of hydrogen-bond acceptors (Lipinski definition) is 4. The number of aromatic nitrogens is 2. The van der Waals surface area contributed by atoms with Gasteiger partial charge in [-0.3, -0.25) is 0 Å². The third kappa shape index (κ3) is 3.39. The van der Waals surface area contributed by atoms with E-state index in [1.165, 1.54) is 0 Å². The second-order valence-corrected chi connectivity index (χ2v) is 8.23. The summed E-state index contributed by atoms with van der Waals surface area (Å²) < 4.78 is 26.0. The Kier molecular flexibility index (Phi) is 4.82. The zero-order valence-electron chi connectivity index (χ0n) is 12.3. The van der Waals surface area contributed by atoms with Crippen LogP contribution >= 0.6 is 0 Å². The normalized spacial score (nSPS) is 25.2. The predicted octanol–water partition coefficient (Wildman–Crippen LogP) is 0.948. The SMILES string of the molecule is CC(C)S(=O)(=O)N1CC[C@H](NCc2ncc[nH]2)[C@@H](C)C1. The zero-order valence-corrected chi connectivity index (χ0v) is 13.2. The number of H-pyrrole nitrogens is 1. The van der Waals surface area contributed by atoms with E-state index in [1.807, 2.05) is 0 Å². The summed E-state index contributed by atoms with van der Waals surface area (Å²) in [6, 6.07) is 0.332. The van der Waals surface area contributed by atoms with Crippen LogP contribution in [0.15, 0.2) is 12.4 Å². The lowest BCUT2D eigenvalue weighted by Gasteiger charge is -2.37. The lowest BCUT2D eigenvalue weighted by Crippen LogP contribution is -2.51. The number of imidazole rings is 1. The van der Waals surface area contributed by atoms with Crippen LogP contribution in [0.4, 0.5) is 0 Å². The molecule has 1 aromatic heterocycles. The highest BCUT2D eigenvalue weighted by molar-refractivity contribution is 7.89. The van der Waals surface area contributed by atoms with Crippen LogP contribution in [0, 0.1) is 5.92 Å². The Hall–Kier alpha value is -0.920. The van der Waals surface area contributed by atoms with Gasteiger partial charge in [-0.1, -0.05) is 6.92 Å². The number of piperidine rings is 1. The van der Waals surface area contributed by atoms with Crippen molar-refractivity contribution in [2.24, 2.45) is 5.92 Å². The van der Waals surface area contributed by atoms with Gasteiger partial charge < -0.3 is 10.3 Å². The smallest absolute Gasteiger partial charge is 0.216 e. The van der Waals surface area contributed by atoms with Gasteiger partial charge in [-0.25, -0.2) is 17.7 Å². The first-order valence-corrected chi connectivity index (χ1v) is 8.62. The Labute approximate surface area is 121 Å². The summed E-state index contributed by atoms with van der Waals surface area (Å²) in [6.07, 6.45) is 4.38. The van der Waals surface area contributed by atoms with Crippen LogP contribution in [0.25, 0.3) is 0 Å². The molecule has 0 aliphatic carbocycles. The van der Waals surface area contributed by atoms with Crippen molar-refractivity contribution in [2.45, 2.75) is 45.0 Å². The van der Waals surface area contributed by atoms with Crippen molar-refractivity contribution < 1.29 is 8.42 Å².